The molecule has 836 valence electrons. The van der Waals surface area contributed by atoms with Crippen LogP contribution in [0.5, 0.6) is 0 Å². The van der Waals surface area contributed by atoms with Crippen molar-refractivity contribution in [2.75, 3.05) is 260 Å². The highest BCUT2D eigenvalue weighted by atomic mass is 16.5. The van der Waals surface area contributed by atoms with E-state index in [1.807, 2.05) is 23.6 Å². The number of ether oxygens (including phenoxy) is 1. The first kappa shape index (κ1) is 119. The molecule has 0 aromatic heterocycles. The summed E-state index contributed by atoms with van der Waals surface area (Å²) in [4.78, 5) is 147. The van der Waals surface area contributed by atoms with Crippen molar-refractivity contribution in [1.29, 1.82) is 0 Å². The molecule has 0 spiro atoms. The number of carbonyl (C=O) groups excluding carboxylic acids is 9. The second-order valence-electron chi connectivity index (χ2n) is 49.2. The minimum Gasteiger partial charge on any atom is -0.387 e. The molecule has 1 N–H and O–H groups in total. The number of hydrogen-bond donors (Lipinski definition) is 1. The minimum absolute atomic E-state index is 0.0820. The quantitative estimate of drug-likeness (QED) is 0.118. The number of nitrogens with zero attached hydrogens (tertiary/aromatic N) is 18. The minimum atomic E-state index is -0.330. The molecule has 9 amide bonds. The van der Waals surface area contributed by atoms with Crippen LogP contribution in [0.2, 0.25) is 0 Å². The van der Waals surface area contributed by atoms with Crippen LogP contribution >= 0.6 is 0 Å². The molecule has 9 atom stereocenters. The van der Waals surface area contributed by atoms with Gasteiger partial charge in [-0.05, 0) is 498 Å². The lowest BCUT2D eigenvalue weighted by atomic mass is 9.83. The van der Waals surface area contributed by atoms with Gasteiger partial charge in [0.2, 0.25) is 53.7 Å². The lowest BCUT2D eigenvalue weighted by molar-refractivity contribution is -0.140. The van der Waals surface area contributed by atoms with Crippen LogP contribution < -0.4 is 0 Å². The Labute approximate surface area is 886 Å². The molecule has 2 saturated carbocycles. The maximum atomic E-state index is 12.5. The number of amides is 9. The predicted molar refractivity (Wildman–Crippen MR) is 586 cm³/mol. The fourth-order valence-electron chi connectivity index (χ4n) is 29.4. The van der Waals surface area contributed by atoms with Crippen molar-refractivity contribution >= 4 is 53.7 Å². The maximum Gasteiger partial charge on any atom is 0.248 e. The average molecular weight is 2050 g/mol. The van der Waals surface area contributed by atoms with Gasteiger partial charge in [0.15, 0.2) is 0 Å². The molecule has 0 aromatic rings. The van der Waals surface area contributed by atoms with E-state index in [1.54, 1.807) is 14.0 Å². The summed E-state index contributed by atoms with van der Waals surface area (Å²) in [7, 11) is 21.3. The average Bonchev–Trinajstić information content (AvgIpc) is 1.65. The molecule has 0 radical (unpaired) electrons. The van der Waals surface area contributed by atoms with Gasteiger partial charge in [-0.25, -0.2) is 0 Å². The van der Waals surface area contributed by atoms with Crippen LogP contribution in [0.1, 0.15) is 317 Å². The van der Waals surface area contributed by atoms with Gasteiger partial charge < -0.3 is 98.0 Å². The largest absolute Gasteiger partial charge is 0.387 e. The van der Waals surface area contributed by atoms with Crippen LogP contribution in [0.15, 0.2) is 0 Å². The van der Waals surface area contributed by atoms with Gasteiger partial charge in [0.05, 0.1) is 0 Å². The first-order valence-corrected chi connectivity index (χ1v) is 60.4. The van der Waals surface area contributed by atoms with E-state index in [9.17, 15) is 43.2 Å². The van der Waals surface area contributed by atoms with Gasteiger partial charge in [0.1, 0.15) is 13.2 Å². The molecule has 146 heavy (non-hydrogen) atoms. The summed E-state index contributed by atoms with van der Waals surface area (Å²) in [6, 6.07) is 4.81. The van der Waals surface area contributed by atoms with Gasteiger partial charge in [-0.3, -0.25) is 43.2 Å². The van der Waals surface area contributed by atoms with Crippen molar-refractivity contribution in [1.82, 2.24) is 88.2 Å². The van der Waals surface area contributed by atoms with Crippen LogP contribution in [0.3, 0.4) is 0 Å². The molecular weight excluding hydrogens is 1830 g/mol. The number of likely N-dealkylation sites (tertiary alicyclic amines) is 18. The van der Waals surface area contributed by atoms with E-state index in [0.717, 1.165) is 178 Å². The second kappa shape index (κ2) is 61.8. The van der Waals surface area contributed by atoms with Crippen molar-refractivity contribution in [2.45, 2.75) is 371 Å². The summed E-state index contributed by atoms with van der Waals surface area (Å²) in [5.74, 6) is 9.94. The number of rotatable bonds is 19. The number of piperidine rings is 9. The highest BCUT2D eigenvalue weighted by Crippen LogP contribution is 2.43. The van der Waals surface area contributed by atoms with E-state index < -0.39 is 0 Å². The van der Waals surface area contributed by atoms with Gasteiger partial charge in [0.25, 0.3) is 0 Å². The Bertz CT molecular complexity index is 3640. The van der Waals surface area contributed by atoms with Gasteiger partial charge >= 0.3 is 0 Å². The van der Waals surface area contributed by atoms with Crippen molar-refractivity contribution in [3.05, 3.63) is 0 Å². The zero-order valence-electron chi connectivity index (χ0n) is 95.0. The van der Waals surface area contributed by atoms with Crippen LogP contribution in [0.25, 0.3) is 0 Å². The van der Waals surface area contributed by atoms with E-state index in [0.29, 0.717) is 120 Å². The Kier molecular flexibility index (Phi) is 50.5. The monoisotopic (exact) mass is 2050 g/mol. The third-order valence-corrected chi connectivity index (χ3v) is 39.1. The smallest absolute Gasteiger partial charge is 0.248 e. The molecule has 0 bridgehead atoms. The molecule has 18 aliphatic heterocycles. The van der Waals surface area contributed by atoms with E-state index in [2.05, 4.69) is 149 Å². The van der Waals surface area contributed by atoms with E-state index in [-0.39, 0.29) is 30.9 Å². The first-order chi connectivity index (χ1) is 70.6. The topological polar surface area (TPSA) is 241 Å². The fourth-order valence-corrected chi connectivity index (χ4v) is 29.4. The van der Waals surface area contributed by atoms with Gasteiger partial charge in [-0.15, -0.1) is 0 Å². The molecule has 18 saturated heterocycles. The zero-order chi connectivity index (χ0) is 104. The Hall–Kier alpha value is -5.21. The summed E-state index contributed by atoms with van der Waals surface area (Å²) in [5.41, 5.74) is 0. The number of methoxy groups -OCH3 is 1. The zero-order valence-corrected chi connectivity index (χ0v) is 95.0. The third-order valence-electron chi connectivity index (χ3n) is 39.1. The molecule has 20 rings (SSSR count). The summed E-state index contributed by atoms with van der Waals surface area (Å²) < 4.78 is 4.97. The molecule has 0 aromatic carbocycles. The first-order valence-electron chi connectivity index (χ1n) is 60.4. The highest BCUT2D eigenvalue weighted by molar-refractivity contribution is 5.82. The molecule has 20 aliphatic rings. The van der Waals surface area contributed by atoms with E-state index >= 15 is 0 Å². The van der Waals surface area contributed by atoms with Gasteiger partial charge in [-0.2, -0.15) is 0 Å². The number of carbonyl (C=O) groups is 9. The Balaban J connectivity index is 0.000000146. The van der Waals surface area contributed by atoms with Gasteiger partial charge in [0, 0.05) is 158 Å². The van der Waals surface area contributed by atoms with Crippen LogP contribution in [0, 0.1) is 65.1 Å². The summed E-state index contributed by atoms with van der Waals surface area (Å²) in [5, 5.41) is 8.95. The number of hydrogen-bond acceptors (Lipinski definition) is 20. The second-order valence-corrected chi connectivity index (χ2v) is 49.2. The SMILES string of the molecule is CC(=O)N1CCCC1C1CCN(C)CC1.CCC(=O)N1CCCC1C1CCN(C)CC1.CCC(=O)N1CCC[C@H]1C1CCN(C)CC1.CCCC(=O)N1CCCC1C1CCN(C)CC1.CN1CCC(C2CCCN2C=O)CC1.CN1CCC([C@@H]2CCCN2C(=O)C2CC2)CC1.CN1CCC([C@@H]2CCCN2C(=O)C2CCC2)CC1.CN1CCC([C@@H]2CCCN2C(=O)CO)CC1.COCC(=O)N1CCC[C@H]1C1CCN(C)CC1. The molecule has 29 nitrogen and oxygen atoms in total. The van der Waals surface area contributed by atoms with Crippen LogP contribution in [-0.4, -0.2) is 462 Å². The number of aliphatic hydroxyl groups is 1. The predicted octanol–water partition coefficient (Wildman–Crippen LogP) is 13.0. The molecule has 18 heterocycles. The number of aliphatic hydroxyl groups excluding tert-OH is 1. The maximum absolute atomic E-state index is 12.5. The Morgan fingerprint density at radius 1 is 0.247 bits per heavy atom. The van der Waals surface area contributed by atoms with Gasteiger partial charge in [-0.1, -0.05) is 27.2 Å². The molecule has 4 unspecified atom stereocenters. The van der Waals surface area contributed by atoms with Crippen molar-refractivity contribution < 1.29 is 53.0 Å². The Morgan fingerprint density at radius 2 is 0.459 bits per heavy atom. The van der Waals surface area contributed by atoms with E-state index in [4.69, 9.17) is 9.84 Å². The lowest BCUT2D eigenvalue weighted by Crippen LogP contribution is -2.47. The molecule has 29 heteroatoms. The summed E-state index contributed by atoms with van der Waals surface area (Å²) in [6.07, 6.45) is 54.5. The third kappa shape index (κ3) is 35.2. The Morgan fingerprint density at radius 3 is 0.685 bits per heavy atom. The molecular formula is C117H212N18O11. The lowest BCUT2D eigenvalue weighted by Gasteiger charge is -2.39. The molecule has 20 fully saturated rings. The molecule has 2 aliphatic carbocycles. The van der Waals surface area contributed by atoms with Crippen molar-refractivity contribution in [2.24, 2.45) is 65.1 Å². The fraction of sp³-hybridized carbons (Fsp3) is 0.923. The van der Waals surface area contributed by atoms with Crippen LogP contribution in [0.4, 0.5) is 0 Å². The summed E-state index contributed by atoms with van der Waals surface area (Å²) >= 11 is 0. The highest BCUT2D eigenvalue weighted by Gasteiger charge is 2.47. The normalized spacial score (nSPS) is 29.5. The van der Waals surface area contributed by atoms with E-state index in [1.165, 1.54) is 323 Å². The van der Waals surface area contributed by atoms with Crippen molar-refractivity contribution in [3.63, 3.8) is 0 Å². The standard InChI is InChI=1S/C15H26N2O.C14H24N2O.C14H26N2O.C13H24N2O2.2C13H24N2O.C12H22N2O2.C12H22N2O.C11H20N2O/c1-16-10-7-12(8-11-16)14-6-3-9-17(14)15(18)13-4-2-5-13;1-15-9-6-11(7-10-15)13-3-2-8-16(13)14(17)12-4-5-12;1-3-5-14(17)16-9-4-6-13(16)12-7-10-15(2)11-8-12;1-14-8-5-11(6-9-14)12-4-3-7-15(12)13(16)10-17-2;2*1-3-13(16)15-8-4-5-12(15)11-6-9-14(2)10-7-11;1-13-7-4-10(5-8-13)11-3-2-6-14(11)12(16)9-15;1-10(15)14-7-3-4-12(14)11-5-8-13(2)9-6-11;1-12-7-4-10(5-8-12)11-3-2-6-13(11)9-14/h12-14H,2-11H2,1H3;11-13H,2-10H2,1H3;12-13H,3-11H2,1-2H3;11-12H,3-10H2,1-2H3;2*11-12H,3-10H2,1-2H3;10-11,15H,2-9H2,1H3;11-12H,3-9H2,1-2H3;9-11H,2-8H2,1H3/t14-;13-;;2*12-;;11-;;/m00.00.0../s1. The van der Waals surface area contributed by atoms with Crippen LogP contribution in [-0.2, 0) is 47.9 Å². The van der Waals surface area contributed by atoms with Crippen molar-refractivity contribution in [3.8, 4) is 0 Å². The summed E-state index contributed by atoms with van der Waals surface area (Å²) in [6.45, 7) is 38.0.